The number of hydrogen-bond acceptors (Lipinski definition) is 3. The molecule has 5 nitrogen and oxygen atoms in total. The summed E-state index contributed by atoms with van der Waals surface area (Å²) in [6.07, 6.45) is 0. The van der Waals surface area contributed by atoms with E-state index < -0.39 is 23.7 Å². The summed E-state index contributed by atoms with van der Waals surface area (Å²) in [6.45, 7) is 1.04. The van der Waals surface area contributed by atoms with Crippen molar-refractivity contribution in [2.24, 2.45) is 0 Å². The van der Waals surface area contributed by atoms with Gasteiger partial charge in [-0.05, 0) is 0 Å². The molecule has 0 unspecified atom stereocenters. The molecule has 0 fully saturated rings. The molecule has 0 N–H and O–H groups in total. The van der Waals surface area contributed by atoms with Crippen molar-refractivity contribution in [2.75, 3.05) is 5.88 Å². The Balaban J connectivity index is 4.42. The van der Waals surface area contributed by atoms with E-state index in [0.29, 0.717) is 0 Å². The predicted molar refractivity (Wildman–Crippen MR) is 47.2 cm³/mol. The van der Waals surface area contributed by atoms with Crippen molar-refractivity contribution in [3.8, 4) is 0 Å². The fourth-order valence-corrected chi connectivity index (χ4v) is 0.801. The molecule has 0 atom stereocenters. The van der Waals surface area contributed by atoms with Gasteiger partial charge < -0.3 is 0 Å². The summed E-state index contributed by atoms with van der Waals surface area (Å²) in [5.74, 6) is -2.09. The van der Waals surface area contributed by atoms with Crippen LogP contribution in [0.15, 0.2) is 0 Å². The number of alkyl halides is 1. The zero-order valence-corrected chi connectivity index (χ0v) is 8.73. The van der Waals surface area contributed by atoms with Crippen LogP contribution in [-0.2, 0) is 9.59 Å². The van der Waals surface area contributed by atoms with Gasteiger partial charge in [0.25, 0.3) is 5.91 Å². The molecule has 8 heteroatoms. The van der Waals surface area contributed by atoms with Crippen LogP contribution < -0.4 is 0 Å². The molecule has 0 aromatic carbocycles. The van der Waals surface area contributed by atoms with E-state index in [1.54, 1.807) is 0 Å². The minimum absolute atomic E-state index is 0.140. The Morgan fingerprint density at radius 2 is 1.62 bits per heavy atom. The van der Waals surface area contributed by atoms with Gasteiger partial charge in [-0.1, -0.05) is 0 Å². The van der Waals surface area contributed by atoms with Crippen LogP contribution in [-0.4, -0.2) is 32.6 Å². The lowest BCUT2D eigenvalue weighted by Crippen LogP contribution is -2.39. The monoisotopic (exact) mass is 246 g/mol. The average Bonchev–Trinajstić information content (AvgIpc) is 2.12. The van der Waals surface area contributed by atoms with Gasteiger partial charge in [0.2, 0.25) is 5.91 Å². The maximum Gasteiger partial charge on any atom is 0.363 e. The normalized spacial score (nSPS) is 9.23. The Morgan fingerprint density at radius 3 is 1.92 bits per heavy atom. The fraction of sp³-hybridized carbons (Fsp3) is 0.400. The first kappa shape index (κ1) is 12.5. The largest absolute Gasteiger partial charge is 0.363 e. The second-order valence-corrected chi connectivity index (χ2v) is 2.83. The number of carbonyl (C=O) groups excluding carboxylic acids is 3. The molecule has 0 aliphatic carbocycles. The highest BCUT2D eigenvalue weighted by Gasteiger charge is 2.26. The quantitative estimate of drug-likeness (QED) is 0.519. The Bertz CT molecular complexity index is 245. The number of carbonyl (C=O) groups is 3. The summed E-state index contributed by atoms with van der Waals surface area (Å²) < 4.78 is 0.318. The fourth-order valence-electron chi connectivity index (χ4n) is 0.371. The predicted octanol–water partition coefficient (Wildman–Crippen LogP) is 1.33. The van der Waals surface area contributed by atoms with Crippen LogP contribution in [0, 0.1) is 0 Å². The molecule has 0 bridgehead atoms. The van der Waals surface area contributed by atoms with Gasteiger partial charge in [-0.15, -0.1) is 11.6 Å². The number of hydrogen-bond donors (Lipinski definition) is 0. The molecule has 0 saturated carbocycles. The van der Waals surface area contributed by atoms with Gasteiger partial charge in [0.05, 0.1) is 0 Å². The van der Waals surface area contributed by atoms with E-state index in [1.165, 1.54) is 0 Å². The van der Waals surface area contributed by atoms with Crippen molar-refractivity contribution in [3.05, 3.63) is 0 Å². The van der Waals surface area contributed by atoms with Crippen LogP contribution in [0.4, 0.5) is 4.79 Å². The van der Waals surface area contributed by atoms with Crippen LogP contribution in [0.1, 0.15) is 6.92 Å². The highest BCUT2D eigenvalue weighted by molar-refractivity contribution is 6.40. The first-order chi connectivity index (χ1) is 5.91. The van der Waals surface area contributed by atoms with E-state index >= 15 is 0 Å². The molecule has 13 heavy (non-hydrogen) atoms. The molecule has 74 valence electrons. The summed E-state index contributed by atoms with van der Waals surface area (Å²) in [7, 11) is 0. The van der Waals surface area contributed by atoms with Crippen LogP contribution in [0.2, 0.25) is 0 Å². The van der Waals surface area contributed by atoms with Gasteiger partial charge in [0.15, 0.2) is 0 Å². The summed E-state index contributed by atoms with van der Waals surface area (Å²) in [4.78, 5) is 32.2. The van der Waals surface area contributed by atoms with E-state index in [2.05, 4.69) is 0 Å². The van der Waals surface area contributed by atoms with E-state index in [-0.39, 0.29) is 8.84 Å². The maximum atomic E-state index is 11.0. The lowest BCUT2D eigenvalue weighted by atomic mass is 10.6. The Hall–Kier alpha value is -0.520. The van der Waals surface area contributed by atoms with Crippen molar-refractivity contribution in [2.45, 2.75) is 6.92 Å². The zero-order chi connectivity index (χ0) is 10.6. The Kier molecular flexibility index (Phi) is 5.05. The molecule has 4 amide bonds. The lowest BCUT2D eigenvalue weighted by molar-refractivity contribution is -0.124. The van der Waals surface area contributed by atoms with Crippen molar-refractivity contribution in [1.29, 1.82) is 0 Å². The summed E-state index contributed by atoms with van der Waals surface area (Å²) in [5.41, 5.74) is 0. The summed E-state index contributed by atoms with van der Waals surface area (Å²) in [5, 5.41) is 0. The second-order valence-electron chi connectivity index (χ2n) is 1.89. The number of rotatable bonds is 1. The van der Waals surface area contributed by atoms with Gasteiger partial charge in [-0.2, -0.15) is 8.84 Å². The highest BCUT2D eigenvalue weighted by Crippen LogP contribution is 2.07. The molecule has 0 radical (unpaired) electrons. The number of amides is 4. The number of urea groups is 1. The molecule has 0 aliphatic heterocycles. The molecule has 0 aliphatic rings. The van der Waals surface area contributed by atoms with Crippen LogP contribution in [0.3, 0.4) is 0 Å². The van der Waals surface area contributed by atoms with E-state index in [4.69, 9.17) is 35.2 Å². The van der Waals surface area contributed by atoms with Gasteiger partial charge >= 0.3 is 6.03 Å². The minimum Gasteiger partial charge on any atom is -0.273 e. The van der Waals surface area contributed by atoms with E-state index in [1.807, 2.05) is 0 Å². The van der Waals surface area contributed by atoms with Crippen molar-refractivity contribution in [1.82, 2.24) is 8.84 Å². The topological polar surface area (TPSA) is 57.7 Å². The van der Waals surface area contributed by atoms with Gasteiger partial charge in [-0.3, -0.25) is 9.59 Å². The lowest BCUT2D eigenvalue weighted by Gasteiger charge is -2.14. The molecular weight excluding hydrogens is 242 g/mol. The standard InChI is InChI=1S/C5H5Cl3N2O3/c1-3(11)9(7)5(13)10(8)4(12)2-6/h2H2,1H3. The maximum absolute atomic E-state index is 11.0. The third kappa shape index (κ3) is 3.38. The van der Waals surface area contributed by atoms with Gasteiger partial charge in [0, 0.05) is 30.5 Å². The first-order valence-electron chi connectivity index (χ1n) is 2.97. The average molecular weight is 247 g/mol. The first-order valence-corrected chi connectivity index (χ1v) is 4.18. The molecule has 0 aromatic rings. The SMILES string of the molecule is CC(=O)N(Cl)C(=O)N(Cl)C(=O)CCl. The number of halogens is 3. The third-order valence-electron chi connectivity index (χ3n) is 0.946. The summed E-state index contributed by atoms with van der Waals surface area (Å²) in [6, 6.07) is -1.15. The molecular formula is C5H5Cl3N2O3. The highest BCUT2D eigenvalue weighted by atomic mass is 35.5. The Labute approximate surface area is 89.3 Å². The van der Waals surface area contributed by atoms with Gasteiger partial charge in [0.1, 0.15) is 5.88 Å². The zero-order valence-electron chi connectivity index (χ0n) is 6.46. The number of nitrogens with zero attached hydrogens (tertiary/aromatic N) is 2. The Morgan fingerprint density at radius 1 is 1.15 bits per heavy atom. The number of imide groups is 2. The van der Waals surface area contributed by atoms with E-state index in [0.717, 1.165) is 6.92 Å². The van der Waals surface area contributed by atoms with Crippen molar-refractivity contribution < 1.29 is 14.4 Å². The third-order valence-corrected chi connectivity index (χ3v) is 1.89. The molecule has 0 saturated heterocycles. The second kappa shape index (κ2) is 5.26. The van der Waals surface area contributed by atoms with Gasteiger partial charge in [-0.25, -0.2) is 4.79 Å². The molecule has 0 rings (SSSR count). The van der Waals surface area contributed by atoms with Crippen LogP contribution in [0.5, 0.6) is 0 Å². The van der Waals surface area contributed by atoms with Crippen molar-refractivity contribution in [3.63, 3.8) is 0 Å². The molecule has 0 heterocycles. The van der Waals surface area contributed by atoms with E-state index in [9.17, 15) is 14.4 Å². The molecule has 0 aromatic heterocycles. The van der Waals surface area contributed by atoms with Crippen molar-refractivity contribution >= 4 is 53.0 Å². The summed E-state index contributed by atoms with van der Waals surface area (Å²) >= 11 is 15.5. The smallest absolute Gasteiger partial charge is 0.273 e. The minimum atomic E-state index is -1.15. The molecule has 0 spiro atoms. The van der Waals surface area contributed by atoms with Crippen LogP contribution in [0.25, 0.3) is 0 Å². The van der Waals surface area contributed by atoms with Crippen LogP contribution >= 0.6 is 35.2 Å².